The van der Waals surface area contributed by atoms with Crippen LogP contribution >= 0.6 is 0 Å². The molecule has 0 aliphatic carbocycles. The number of carbonyl (C=O) groups excluding carboxylic acids is 2. The molecule has 2 heterocycles. The van der Waals surface area contributed by atoms with Gasteiger partial charge in [-0.3, -0.25) is 19.8 Å². The van der Waals surface area contributed by atoms with Gasteiger partial charge in [-0.1, -0.05) is 13.8 Å². The van der Waals surface area contributed by atoms with Gasteiger partial charge in [0.2, 0.25) is 5.91 Å². The molecule has 7 nitrogen and oxygen atoms in total. The summed E-state index contributed by atoms with van der Waals surface area (Å²) >= 11 is 0. The topological polar surface area (TPSA) is 93.9 Å². The van der Waals surface area contributed by atoms with Crippen molar-refractivity contribution < 1.29 is 19.1 Å². The zero-order valence-electron chi connectivity index (χ0n) is 14.8. The number of rotatable bonds is 6. The Hall–Kier alpha value is -1.44. The lowest BCUT2D eigenvalue weighted by Gasteiger charge is -2.46. The van der Waals surface area contributed by atoms with Crippen molar-refractivity contribution >= 4 is 11.8 Å². The van der Waals surface area contributed by atoms with Crippen LogP contribution in [0.2, 0.25) is 0 Å². The molecule has 0 unspecified atom stereocenters. The molecule has 0 spiro atoms. The van der Waals surface area contributed by atoms with Crippen LogP contribution in [0.1, 0.15) is 33.1 Å². The maximum Gasteiger partial charge on any atom is 0.252 e. The highest BCUT2D eigenvalue weighted by Gasteiger charge is 2.39. The van der Waals surface area contributed by atoms with Crippen LogP contribution in [-0.2, 0) is 19.1 Å². The monoisotopic (exact) mass is 339 g/mol. The Morgan fingerprint density at radius 3 is 2.54 bits per heavy atom. The summed E-state index contributed by atoms with van der Waals surface area (Å²) in [5.74, 6) is -0.716. The molecule has 24 heavy (non-hydrogen) atoms. The third kappa shape index (κ3) is 4.55. The van der Waals surface area contributed by atoms with E-state index in [0.29, 0.717) is 18.3 Å². The number of ether oxygens (including phenoxy) is 2. The van der Waals surface area contributed by atoms with E-state index >= 15 is 0 Å². The summed E-state index contributed by atoms with van der Waals surface area (Å²) in [6.45, 7) is 6.55. The van der Waals surface area contributed by atoms with Gasteiger partial charge in [-0.05, 0) is 19.3 Å². The number of nitrogens with zero attached hydrogens (tertiary/aromatic N) is 1. The van der Waals surface area contributed by atoms with Crippen molar-refractivity contribution in [3.8, 4) is 0 Å². The van der Waals surface area contributed by atoms with Crippen molar-refractivity contribution in [1.29, 1.82) is 0 Å². The van der Waals surface area contributed by atoms with E-state index < -0.39 is 11.3 Å². The molecule has 0 radical (unpaired) electrons. The molecule has 1 atom stereocenters. The molecule has 0 bridgehead atoms. The first-order valence-corrected chi connectivity index (χ1v) is 8.50. The zero-order chi connectivity index (χ0) is 17.7. The summed E-state index contributed by atoms with van der Waals surface area (Å²) in [4.78, 5) is 26.6. The summed E-state index contributed by atoms with van der Waals surface area (Å²) in [6, 6.07) is 0.151. The summed E-state index contributed by atoms with van der Waals surface area (Å²) in [6.07, 6.45) is 3.95. The number of carbonyl (C=O) groups is 2. The minimum atomic E-state index is -0.472. The fraction of sp³-hybridized carbons (Fsp3) is 0.765. The number of hydrogen-bond acceptors (Lipinski definition) is 6. The van der Waals surface area contributed by atoms with Gasteiger partial charge in [-0.15, -0.1) is 0 Å². The number of hydrogen-bond donors (Lipinski definition) is 2. The molecule has 0 aromatic heterocycles. The van der Waals surface area contributed by atoms with Crippen LogP contribution in [0.15, 0.2) is 11.8 Å². The SMILES string of the molecule is COCC(C)(C)C(N)=CC(=O)NC(=O)[C@@H]1CCN1C1CCOCC1. The van der Waals surface area contributed by atoms with Crippen molar-refractivity contribution in [2.24, 2.45) is 11.1 Å². The predicted molar refractivity (Wildman–Crippen MR) is 90.0 cm³/mol. The molecule has 0 saturated carbocycles. The third-order valence-corrected chi connectivity index (χ3v) is 4.84. The zero-order valence-corrected chi connectivity index (χ0v) is 14.8. The van der Waals surface area contributed by atoms with Gasteiger partial charge in [0.1, 0.15) is 0 Å². The molecule has 2 saturated heterocycles. The van der Waals surface area contributed by atoms with Crippen LogP contribution in [0.25, 0.3) is 0 Å². The Morgan fingerprint density at radius 1 is 1.33 bits per heavy atom. The van der Waals surface area contributed by atoms with Gasteiger partial charge >= 0.3 is 0 Å². The van der Waals surface area contributed by atoms with E-state index in [1.54, 1.807) is 7.11 Å². The van der Waals surface area contributed by atoms with E-state index in [0.717, 1.165) is 39.0 Å². The normalized spacial score (nSPS) is 23.6. The molecule has 2 aliphatic heterocycles. The second kappa shape index (κ2) is 8.09. The Labute approximate surface area is 143 Å². The molecule has 2 aliphatic rings. The first kappa shape index (κ1) is 18.9. The molecule has 2 fully saturated rings. The Balaban J connectivity index is 1.88. The minimum absolute atomic E-state index is 0.223. The van der Waals surface area contributed by atoms with E-state index in [9.17, 15) is 9.59 Å². The van der Waals surface area contributed by atoms with Gasteiger partial charge in [-0.2, -0.15) is 0 Å². The number of likely N-dealkylation sites (tertiary alicyclic amines) is 1. The van der Waals surface area contributed by atoms with Gasteiger partial charge in [0.05, 0.1) is 12.6 Å². The quantitative estimate of drug-likeness (QED) is 0.680. The molecule has 2 rings (SSSR count). The van der Waals surface area contributed by atoms with Crippen molar-refractivity contribution in [3.63, 3.8) is 0 Å². The summed E-state index contributed by atoms with van der Waals surface area (Å²) in [5, 5.41) is 2.45. The van der Waals surface area contributed by atoms with Gasteiger partial charge in [0.15, 0.2) is 0 Å². The van der Waals surface area contributed by atoms with E-state index in [2.05, 4.69) is 10.2 Å². The molecule has 0 aromatic carbocycles. The lowest BCUT2D eigenvalue weighted by Crippen LogP contribution is -2.61. The highest BCUT2D eigenvalue weighted by atomic mass is 16.5. The Bertz CT molecular complexity index is 498. The molecule has 0 aromatic rings. The van der Waals surface area contributed by atoms with Crippen LogP contribution in [-0.4, -0.2) is 62.3 Å². The van der Waals surface area contributed by atoms with Crippen LogP contribution in [0.4, 0.5) is 0 Å². The van der Waals surface area contributed by atoms with Crippen LogP contribution in [0.5, 0.6) is 0 Å². The van der Waals surface area contributed by atoms with Gasteiger partial charge in [0, 0.05) is 50.1 Å². The molecule has 136 valence electrons. The van der Waals surface area contributed by atoms with Crippen molar-refractivity contribution in [1.82, 2.24) is 10.2 Å². The fourth-order valence-corrected chi connectivity index (χ4v) is 3.16. The Morgan fingerprint density at radius 2 is 2.00 bits per heavy atom. The maximum atomic E-state index is 12.3. The number of imide groups is 1. The molecule has 3 N–H and O–H groups in total. The lowest BCUT2D eigenvalue weighted by molar-refractivity contribution is -0.138. The van der Waals surface area contributed by atoms with E-state index in [1.165, 1.54) is 6.08 Å². The largest absolute Gasteiger partial charge is 0.401 e. The third-order valence-electron chi connectivity index (χ3n) is 4.84. The van der Waals surface area contributed by atoms with Crippen molar-refractivity contribution in [3.05, 3.63) is 11.8 Å². The highest BCUT2D eigenvalue weighted by molar-refractivity contribution is 6.03. The van der Waals surface area contributed by atoms with Crippen LogP contribution < -0.4 is 11.1 Å². The van der Waals surface area contributed by atoms with Crippen molar-refractivity contribution in [2.75, 3.05) is 33.5 Å². The number of nitrogens with two attached hydrogens (primary N) is 1. The second-order valence-corrected chi connectivity index (χ2v) is 7.16. The van der Waals surface area contributed by atoms with Crippen LogP contribution in [0, 0.1) is 5.41 Å². The second-order valence-electron chi connectivity index (χ2n) is 7.16. The smallest absolute Gasteiger partial charge is 0.252 e. The molecule has 7 heteroatoms. The summed E-state index contributed by atoms with van der Waals surface area (Å²) < 4.78 is 10.5. The minimum Gasteiger partial charge on any atom is -0.401 e. The van der Waals surface area contributed by atoms with Gasteiger partial charge in [0.25, 0.3) is 5.91 Å². The van der Waals surface area contributed by atoms with E-state index in [4.69, 9.17) is 15.2 Å². The number of nitrogens with one attached hydrogen (secondary N) is 1. The molecular weight excluding hydrogens is 310 g/mol. The lowest BCUT2D eigenvalue weighted by atomic mass is 9.90. The molecular formula is C17H29N3O4. The predicted octanol–water partition coefficient (Wildman–Crippen LogP) is 0.398. The first-order valence-electron chi connectivity index (χ1n) is 8.50. The number of amides is 2. The van der Waals surface area contributed by atoms with Crippen molar-refractivity contribution in [2.45, 2.75) is 45.2 Å². The highest BCUT2D eigenvalue weighted by Crippen LogP contribution is 2.26. The van der Waals surface area contributed by atoms with Crippen LogP contribution in [0.3, 0.4) is 0 Å². The fourth-order valence-electron chi connectivity index (χ4n) is 3.16. The summed E-state index contributed by atoms with van der Waals surface area (Å²) in [5.41, 5.74) is 5.90. The maximum absolute atomic E-state index is 12.3. The standard InChI is InChI=1S/C17H29N3O4/c1-17(2,11-23-3)14(18)10-15(21)19-16(22)13-4-7-20(13)12-5-8-24-9-6-12/h10,12-13H,4-9,11,18H2,1-3H3,(H,19,21,22)/t13-/m0/s1. The van der Waals surface area contributed by atoms with Gasteiger partial charge < -0.3 is 15.2 Å². The van der Waals surface area contributed by atoms with Gasteiger partial charge in [-0.25, -0.2) is 0 Å². The Kier molecular flexibility index (Phi) is 6.37. The van der Waals surface area contributed by atoms with E-state index in [-0.39, 0.29) is 11.9 Å². The molecule has 2 amide bonds. The van der Waals surface area contributed by atoms with E-state index in [1.807, 2.05) is 13.8 Å². The number of methoxy groups -OCH3 is 1. The average molecular weight is 339 g/mol. The first-order chi connectivity index (χ1) is 11.3. The average Bonchev–Trinajstić information content (AvgIpc) is 2.46. The summed E-state index contributed by atoms with van der Waals surface area (Å²) in [7, 11) is 1.58.